The van der Waals surface area contributed by atoms with Crippen molar-refractivity contribution in [3.05, 3.63) is 95.6 Å². The molecular weight excluding hydrogens is 643 g/mol. The van der Waals surface area contributed by atoms with Crippen molar-refractivity contribution >= 4 is 40.5 Å². The van der Waals surface area contributed by atoms with Gasteiger partial charge in [-0.25, -0.2) is 19.0 Å². The maximum absolute atomic E-state index is 15.9. The number of rotatable bonds is 7. The van der Waals surface area contributed by atoms with E-state index in [-0.39, 0.29) is 42.1 Å². The second-order valence-electron chi connectivity index (χ2n) is 12.6. The number of nitrogen functional groups attached to an aromatic ring is 1. The molecule has 5 heterocycles. The smallest absolute Gasteiger partial charge is 0.265 e. The molecule has 0 bridgehead atoms. The number of hydrogen-bond acceptors (Lipinski definition) is 10. The topological polar surface area (TPSA) is 166 Å². The number of benzene rings is 3. The van der Waals surface area contributed by atoms with Crippen LogP contribution in [0.25, 0.3) is 22.3 Å². The first-order valence-electron chi connectivity index (χ1n) is 16.3. The van der Waals surface area contributed by atoms with Gasteiger partial charge in [0.05, 0.1) is 22.6 Å². The van der Waals surface area contributed by atoms with Crippen LogP contribution in [0.3, 0.4) is 0 Å². The Hall–Kier alpha value is -6.02. The summed E-state index contributed by atoms with van der Waals surface area (Å²) in [6.07, 6.45) is 2.80. The van der Waals surface area contributed by atoms with Crippen LogP contribution in [0.4, 0.5) is 10.2 Å². The summed E-state index contributed by atoms with van der Waals surface area (Å²) in [7, 11) is 0. The predicted octanol–water partition coefficient (Wildman–Crippen LogP) is 4.25. The minimum Gasteiger partial charge on any atom is -0.457 e. The zero-order valence-corrected chi connectivity index (χ0v) is 26.7. The average molecular weight is 675 g/mol. The van der Waals surface area contributed by atoms with Gasteiger partial charge in [-0.15, -0.1) is 0 Å². The number of hydrogen-bond donors (Lipinski definition) is 2. The molecule has 50 heavy (non-hydrogen) atoms. The van der Waals surface area contributed by atoms with Gasteiger partial charge in [0, 0.05) is 37.2 Å². The molecule has 0 spiro atoms. The molecule has 3 aliphatic heterocycles. The SMILES string of the molecule is Nc1ncnc2c1c(-c1ccc(Oc3ccccc3)cc1)nn2C1CCN(Cc2ccc3c(c2F)C(=O)N(C2CCC(=O)NC2=O)C3=O)CC1. The molecule has 252 valence electrons. The van der Waals surface area contributed by atoms with Crippen LogP contribution in [-0.4, -0.2) is 72.3 Å². The van der Waals surface area contributed by atoms with Crippen LogP contribution in [0, 0.1) is 5.82 Å². The predicted molar refractivity (Wildman–Crippen MR) is 178 cm³/mol. The van der Waals surface area contributed by atoms with Crippen molar-refractivity contribution in [3.63, 3.8) is 0 Å². The maximum atomic E-state index is 15.9. The van der Waals surface area contributed by atoms with Crippen LogP contribution in [0.2, 0.25) is 0 Å². The summed E-state index contributed by atoms with van der Waals surface area (Å²) in [6, 6.07) is 18.9. The molecule has 3 N–H and O–H groups in total. The number of halogens is 1. The van der Waals surface area contributed by atoms with E-state index in [9.17, 15) is 19.2 Å². The van der Waals surface area contributed by atoms with E-state index < -0.39 is 35.5 Å². The average Bonchev–Trinajstić information content (AvgIpc) is 3.63. The first kappa shape index (κ1) is 31.3. The Bertz CT molecular complexity index is 2180. The number of amides is 4. The lowest BCUT2D eigenvalue weighted by atomic mass is 10.0. The van der Waals surface area contributed by atoms with E-state index in [1.165, 1.54) is 18.5 Å². The molecule has 0 aliphatic carbocycles. The lowest BCUT2D eigenvalue weighted by molar-refractivity contribution is -0.136. The molecule has 0 saturated carbocycles. The number of carbonyl (C=O) groups excluding carboxylic acids is 4. The van der Waals surface area contributed by atoms with Gasteiger partial charge in [0.15, 0.2) is 5.65 Å². The van der Waals surface area contributed by atoms with Crippen LogP contribution in [0.5, 0.6) is 11.5 Å². The van der Waals surface area contributed by atoms with Crippen LogP contribution < -0.4 is 15.8 Å². The van der Waals surface area contributed by atoms with E-state index >= 15 is 4.39 Å². The Morgan fingerprint density at radius 2 is 1.62 bits per heavy atom. The molecular formula is C36H31FN8O5. The number of ether oxygens (including phenoxy) is 1. The highest BCUT2D eigenvalue weighted by molar-refractivity contribution is 6.23. The molecule has 13 nitrogen and oxygen atoms in total. The fraction of sp³-hybridized carbons (Fsp3) is 0.250. The van der Waals surface area contributed by atoms with E-state index in [0.29, 0.717) is 54.2 Å². The molecule has 2 aromatic heterocycles. The molecule has 0 radical (unpaired) electrons. The Kier molecular flexibility index (Phi) is 7.79. The molecule has 2 saturated heterocycles. The summed E-state index contributed by atoms with van der Waals surface area (Å²) in [4.78, 5) is 62.0. The number of anilines is 1. The normalized spacial score (nSPS) is 18.5. The number of nitrogens with two attached hydrogens (primary N) is 1. The molecule has 4 amide bonds. The van der Waals surface area contributed by atoms with Crippen molar-refractivity contribution in [2.24, 2.45) is 0 Å². The lowest BCUT2D eigenvalue weighted by Gasteiger charge is -2.32. The van der Waals surface area contributed by atoms with Crippen LogP contribution in [0.1, 0.15) is 58.0 Å². The fourth-order valence-corrected chi connectivity index (χ4v) is 7.00. The van der Waals surface area contributed by atoms with E-state index in [4.69, 9.17) is 15.6 Å². The van der Waals surface area contributed by atoms with Gasteiger partial charge in [0.1, 0.15) is 41.2 Å². The molecule has 1 unspecified atom stereocenters. The van der Waals surface area contributed by atoms with Crippen LogP contribution >= 0.6 is 0 Å². The Morgan fingerprint density at radius 1 is 0.880 bits per heavy atom. The summed E-state index contributed by atoms with van der Waals surface area (Å²) < 4.78 is 23.7. The van der Waals surface area contributed by atoms with Crippen LogP contribution in [0.15, 0.2) is 73.1 Å². The number of carbonyl (C=O) groups is 4. The summed E-state index contributed by atoms with van der Waals surface area (Å²) in [6.45, 7) is 1.45. The van der Waals surface area contributed by atoms with E-state index in [1.807, 2.05) is 59.3 Å². The Balaban J connectivity index is 0.979. The molecule has 1 atom stereocenters. The molecule has 3 aliphatic rings. The fourth-order valence-electron chi connectivity index (χ4n) is 7.00. The molecule has 5 aromatic rings. The second-order valence-corrected chi connectivity index (χ2v) is 12.6. The number of likely N-dealkylation sites (tertiary alicyclic amines) is 1. The van der Waals surface area contributed by atoms with E-state index in [1.54, 1.807) is 0 Å². The number of piperidine rings is 2. The van der Waals surface area contributed by atoms with Gasteiger partial charge in [0.2, 0.25) is 11.8 Å². The molecule has 8 rings (SSSR count). The summed E-state index contributed by atoms with van der Waals surface area (Å²) in [5.41, 5.74) is 8.35. The van der Waals surface area contributed by atoms with Crippen molar-refractivity contribution in [2.45, 2.75) is 44.3 Å². The third-order valence-electron chi connectivity index (χ3n) is 9.55. The number of aromatic nitrogens is 4. The first-order valence-corrected chi connectivity index (χ1v) is 16.3. The Morgan fingerprint density at radius 3 is 2.36 bits per heavy atom. The Labute approximate surface area is 284 Å². The highest BCUT2D eigenvalue weighted by Crippen LogP contribution is 2.36. The van der Waals surface area contributed by atoms with Gasteiger partial charge < -0.3 is 10.5 Å². The monoisotopic (exact) mass is 674 g/mol. The maximum Gasteiger partial charge on any atom is 0.265 e. The highest BCUT2D eigenvalue weighted by Gasteiger charge is 2.46. The van der Waals surface area contributed by atoms with Crippen molar-refractivity contribution in [3.8, 4) is 22.8 Å². The van der Waals surface area contributed by atoms with E-state index in [0.717, 1.165) is 16.2 Å². The summed E-state index contributed by atoms with van der Waals surface area (Å²) in [5, 5.41) is 7.80. The number of imide groups is 2. The third-order valence-corrected chi connectivity index (χ3v) is 9.55. The minimum atomic E-state index is -1.16. The van der Waals surface area contributed by atoms with Crippen molar-refractivity contribution in [1.29, 1.82) is 0 Å². The van der Waals surface area contributed by atoms with Gasteiger partial charge in [0.25, 0.3) is 11.8 Å². The molecule has 2 fully saturated rings. The van der Waals surface area contributed by atoms with Crippen LogP contribution in [-0.2, 0) is 16.1 Å². The highest BCUT2D eigenvalue weighted by atomic mass is 19.1. The lowest BCUT2D eigenvalue weighted by Crippen LogP contribution is -2.54. The minimum absolute atomic E-state index is 0.00120. The zero-order chi connectivity index (χ0) is 34.5. The van der Waals surface area contributed by atoms with E-state index in [2.05, 4.69) is 20.2 Å². The van der Waals surface area contributed by atoms with Gasteiger partial charge in [-0.05, 0) is 61.7 Å². The standard InChI is InChI=1S/C36H31FN8O5/c37-30-21(8-11-25-28(30)36(49)44(35(25)48)26-12-13-27(46)41-34(26)47)18-43-16-14-22(15-17-43)45-33-29(32(38)39-19-40-33)31(42-45)20-6-9-24(10-7-20)50-23-4-2-1-3-5-23/h1-11,19,22,26H,12-18H2,(H2,38,39,40)(H,41,46,47). The van der Waals surface area contributed by atoms with Gasteiger partial charge in [-0.3, -0.25) is 34.3 Å². The second kappa shape index (κ2) is 12.5. The largest absolute Gasteiger partial charge is 0.457 e. The number of fused-ring (bicyclic) bond motifs is 2. The van der Waals surface area contributed by atoms with Gasteiger partial charge in [-0.1, -0.05) is 24.3 Å². The van der Waals surface area contributed by atoms with Crippen molar-refractivity contribution < 1.29 is 28.3 Å². The molecule has 14 heteroatoms. The molecule has 3 aromatic carbocycles. The van der Waals surface area contributed by atoms with Crippen molar-refractivity contribution in [1.82, 2.24) is 34.9 Å². The number of nitrogens with zero attached hydrogens (tertiary/aromatic N) is 6. The third kappa shape index (κ3) is 5.43. The quantitative estimate of drug-likeness (QED) is 0.239. The summed E-state index contributed by atoms with van der Waals surface area (Å²) in [5.74, 6) is -1.84. The number of para-hydroxylation sites is 1. The zero-order valence-electron chi connectivity index (χ0n) is 26.7. The number of nitrogens with one attached hydrogen (secondary N) is 1. The van der Waals surface area contributed by atoms with Crippen molar-refractivity contribution in [2.75, 3.05) is 18.8 Å². The van der Waals surface area contributed by atoms with Gasteiger partial charge >= 0.3 is 0 Å². The summed E-state index contributed by atoms with van der Waals surface area (Å²) >= 11 is 0. The first-order chi connectivity index (χ1) is 24.3. The van der Waals surface area contributed by atoms with Gasteiger partial charge in [-0.2, -0.15) is 5.10 Å².